The number of aromatic nitrogens is 1. The van der Waals surface area contributed by atoms with E-state index in [2.05, 4.69) is 4.98 Å². The van der Waals surface area contributed by atoms with E-state index in [1.54, 1.807) is 6.20 Å². The maximum atomic E-state index is 9.71. The van der Waals surface area contributed by atoms with E-state index in [0.29, 0.717) is 5.75 Å². The molecular weight excluding hydrogens is 169 g/mol. The number of pyridine rings is 1. The van der Waals surface area contributed by atoms with Gasteiger partial charge in [0, 0.05) is 6.20 Å². The maximum Gasteiger partial charge on any atom is 0.161 e. The summed E-state index contributed by atoms with van der Waals surface area (Å²) in [7, 11) is 0.826. The predicted molar refractivity (Wildman–Crippen MR) is 53.9 cm³/mol. The molecule has 0 saturated carbocycles. The van der Waals surface area contributed by atoms with Crippen LogP contribution in [0.4, 0.5) is 0 Å². The number of rotatable bonds is 1. The summed E-state index contributed by atoms with van der Waals surface area (Å²) in [5.41, 5.74) is 1.81. The molecule has 1 N–H and O–H groups in total. The zero-order valence-electron chi connectivity index (χ0n) is 6.74. The molecule has 0 saturated heterocycles. The Bertz CT molecular complexity index is 412. The number of hydrogen-bond donors (Lipinski definition) is 1. The van der Waals surface area contributed by atoms with Crippen molar-refractivity contribution in [3.8, 4) is 5.75 Å². The minimum absolute atomic E-state index is 0.400. The van der Waals surface area contributed by atoms with Gasteiger partial charge >= 0.3 is 0 Å². The second-order valence-corrected chi connectivity index (χ2v) is 3.54. The third-order valence-electron chi connectivity index (χ3n) is 1.90. The Morgan fingerprint density at radius 2 is 2.42 bits per heavy atom. The van der Waals surface area contributed by atoms with Crippen LogP contribution in [0.2, 0.25) is 6.82 Å². The van der Waals surface area contributed by atoms with Crippen LogP contribution in [0, 0.1) is 0 Å². The maximum absolute atomic E-state index is 9.71. The molecule has 4 heteroatoms. The van der Waals surface area contributed by atoms with Crippen molar-refractivity contribution in [1.82, 2.24) is 4.98 Å². The summed E-state index contributed by atoms with van der Waals surface area (Å²) < 4.78 is 0.898. The lowest BCUT2D eigenvalue weighted by atomic mass is 9.74. The Hall–Kier alpha value is -1.03. The molecule has 0 bridgehead atoms. The number of aromatic hydroxyl groups is 1. The molecule has 0 fully saturated rings. The summed E-state index contributed by atoms with van der Waals surface area (Å²) in [6.45, 7) is 2.01. The molecule has 60 valence electrons. The third-order valence-corrected chi connectivity index (χ3v) is 2.81. The summed E-state index contributed by atoms with van der Waals surface area (Å²) >= 11 is 1.53. The smallest absolute Gasteiger partial charge is 0.161 e. The number of fused-ring (bicyclic) bond motifs is 1. The minimum atomic E-state index is 0.400. The van der Waals surface area contributed by atoms with Gasteiger partial charge in [0.25, 0.3) is 0 Å². The first-order valence-electron chi connectivity index (χ1n) is 3.87. The van der Waals surface area contributed by atoms with E-state index in [1.807, 2.05) is 18.3 Å². The van der Waals surface area contributed by atoms with E-state index in [9.17, 15) is 5.11 Å². The lowest BCUT2D eigenvalue weighted by Crippen LogP contribution is -2.11. The molecule has 0 aromatic carbocycles. The van der Waals surface area contributed by atoms with E-state index in [4.69, 9.17) is 0 Å². The summed E-state index contributed by atoms with van der Waals surface area (Å²) in [4.78, 5) is 4.22. The average molecular weight is 177 g/mol. The normalized spacial score (nSPS) is 10.4. The average Bonchev–Trinajstić information content (AvgIpc) is 2.53. The van der Waals surface area contributed by atoms with Crippen molar-refractivity contribution < 1.29 is 5.11 Å². The highest BCUT2D eigenvalue weighted by molar-refractivity contribution is 7.17. The van der Waals surface area contributed by atoms with Gasteiger partial charge in [0.15, 0.2) is 7.28 Å². The van der Waals surface area contributed by atoms with Crippen LogP contribution in [0.5, 0.6) is 5.75 Å². The van der Waals surface area contributed by atoms with Crippen LogP contribution >= 0.6 is 11.3 Å². The predicted octanol–water partition coefficient (Wildman–Crippen LogP) is 1.11. The molecule has 0 radical (unpaired) electrons. The zero-order valence-corrected chi connectivity index (χ0v) is 7.56. The first kappa shape index (κ1) is 7.62. The van der Waals surface area contributed by atoms with E-state index in [0.717, 1.165) is 23.0 Å². The molecule has 0 atom stereocenters. The first-order valence-corrected chi connectivity index (χ1v) is 4.75. The topological polar surface area (TPSA) is 33.1 Å². The second kappa shape index (κ2) is 2.79. The zero-order chi connectivity index (χ0) is 8.55. The fourth-order valence-electron chi connectivity index (χ4n) is 1.19. The van der Waals surface area contributed by atoms with Gasteiger partial charge in [0.2, 0.25) is 0 Å². The Morgan fingerprint density at radius 1 is 1.58 bits per heavy atom. The van der Waals surface area contributed by atoms with Crippen LogP contribution in [0.25, 0.3) is 10.2 Å². The van der Waals surface area contributed by atoms with Gasteiger partial charge < -0.3 is 5.11 Å². The van der Waals surface area contributed by atoms with Gasteiger partial charge in [-0.05, 0) is 16.9 Å². The van der Waals surface area contributed by atoms with Crippen molar-refractivity contribution in [2.45, 2.75) is 6.82 Å². The van der Waals surface area contributed by atoms with Crippen LogP contribution in [-0.4, -0.2) is 17.4 Å². The van der Waals surface area contributed by atoms with Crippen LogP contribution in [0.15, 0.2) is 17.6 Å². The van der Waals surface area contributed by atoms with Gasteiger partial charge in [0.05, 0.1) is 10.2 Å². The van der Waals surface area contributed by atoms with Crippen LogP contribution in [0.1, 0.15) is 0 Å². The monoisotopic (exact) mass is 177 g/mol. The number of nitrogens with zero attached hydrogens (tertiary/aromatic N) is 1. The van der Waals surface area contributed by atoms with Gasteiger partial charge in [-0.25, -0.2) is 0 Å². The molecule has 2 nitrogen and oxygen atoms in total. The van der Waals surface area contributed by atoms with E-state index in [-0.39, 0.29) is 0 Å². The van der Waals surface area contributed by atoms with Gasteiger partial charge in [-0.15, -0.1) is 11.3 Å². The standard InChI is InChI=1S/C8H8BNOS/c1-9-5-4-10-6-2-3-12-8(6)7(5)11/h2-4,9H,1H3,(H,10,11). The van der Waals surface area contributed by atoms with Crippen molar-refractivity contribution >= 4 is 34.3 Å². The minimum Gasteiger partial charge on any atom is -0.507 e. The lowest BCUT2D eigenvalue weighted by molar-refractivity contribution is 0.486. The van der Waals surface area contributed by atoms with Crippen LogP contribution in [0.3, 0.4) is 0 Å². The number of thiophene rings is 1. The third kappa shape index (κ3) is 0.993. The summed E-state index contributed by atoms with van der Waals surface area (Å²) in [6, 6.07) is 1.92. The Kier molecular flexibility index (Phi) is 1.77. The van der Waals surface area contributed by atoms with Crippen molar-refractivity contribution in [3.63, 3.8) is 0 Å². The highest BCUT2D eigenvalue weighted by atomic mass is 32.1. The van der Waals surface area contributed by atoms with E-state index in [1.165, 1.54) is 11.3 Å². The summed E-state index contributed by atoms with van der Waals surface area (Å²) in [6.07, 6.45) is 1.74. The molecule has 0 unspecified atom stereocenters. The largest absolute Gasteiger partial charge is 0.507 e. The quantitative estimate of drug-likeness (QED) is 0.662. The van der Waals surface area contributed by atoms with E-state index >= 15 is 0 Å². The van der Waals surface area contributed by atoms with Crippen molar-refractivity contribution in [2.75, 3.05) is 0 Å². The van der Waals surface area contributed by atoms with Gasteiger partial charge in [-0.1, -0.05) is 6.82 Å². The van der Waals surface area contributed by atoms with Gasteiger partial charge in [-0.2, -0.15) is 0 Å². The molecule has 2 aromatic heterocycles. The van der Waals surface area contributed by atoms with Crippen LogP contribution < -0.4 is 5.46 Å². The second-order valence-electron chi connectivity index (χ2n) is 2.62. The SMILES string of the molecule is CBc1cnc2ccsc2c1O. The molecule has 2 rings (SSSR count). The molecule has 0 aliphatic rings. The molecule has 0 spiro atoms. The molecule has 2 heterocycles. The molecule has 0 aliphatic heterocycles. The van der Waals surface area contributed by atoms with Crippen molar-refractivity contribution in [1.29, 1.82) is 0 Å². The highest BCUT2D eigenvalue weighted by Crippen LogP contribution is 2.25. The molecule has 0 aliphatic carbocycles. The Labute approximate surface area is 75.1 Å². The van der Waals surface area contributed by atoms with Crippen molar-refractivity contribution in [3.05, 3.63) is 17.6 Å². The highest BCUT2D eigenvalue weighted by Gasteiger charge is 2.06. The van der Waals surface area contributed by atoms with Crippen LogP contribution in [-0.2, 0) is 0 Å². The number of hydrogen-bond acceptors (Lipinski definition) is 3. The fraction of sp³-hybridized carbons (Fsp3) is 0.125. The lowest BCUT2D eigenvalue weighted by Gasteiger charge is -1.99. The van der Waals surface area contributed by atoms with Crippen molar-refractivity contribution in [2.24, 2.45) is 0 Å². The molecule has 12 heavy (non-hydrogen) atoms. The summed E-state index contributed by atoms with van der Waals surface area (Å²) in [5, 5.41) is 11.7. The fourth-order valence-corrected chi connectivity index (χ4v) is 2.01. The van der Waals surface area contributed by atoms with Gasteiger partial charge in [0.1, 0.15) is 5.75 Å². The Morgan fingerprint density at radius 3 is 3.17 bits per heavy atom. The molecule has 2 aromatic rings. The molecular formula is C8H8BNOS. The van der Waals surface area contributed by atoms with Gasteiger partial charge in [-0.3, -0.25) is 4.98 Å². The van der Waals surface area contributed by atoms with E-state index < -0.39 is 0 Å². The summed E-state index contributed by atoms with van der Waals surface area (Å²) in [5.74, 6) is 0.400. The molecule has 0 amide bonds. The first-order chi connectivity index (χ1) is 5.83. The Balaban J connectivity index is 2.78.